The van der Waals surface area contributed by atoms with Crippen LogP contribution in [0, 0.1) is 29.1 Å². The average molecular weight is 398 g/mol. The lowest BCUT2D eigenvalue weighted by Gasteiger charge is -2.26. The first-order chi connectivity index (χ1) is 14.7. The first kappa shape index (κ1) is 22.2. The standard InChI is InChI=1S/C29H35N/c1-3-5-6-8-23-11-16-27(17-12-23)28-18-13-24(14-19-28)9-10-25-15-20-26(7-4-2)29(21-25)22-30/h11-12,15-17,20-21,24,28H,3-8,13-14,18-19H2,1-2H3/t24-,28-. The quantitative estimate of drug-likeness (QED) is 0.349. The first-order valence-electron chi connectivity index (χ1n) is 11.9. The number of unbranched alkanes of at least 4 members (excludes halogenated alkanes) is 2. The highest BCUT2D eigenvalue weighted by molar-refractivity contribution is 5.46. The van der Waals surface area contributed by atoms with Crippen molar-refractivity contribution in [3.8, 4) is 17.9 Å². The van der Waals surface area contributed by atoms with Crippen molar-refractivity contribution in [1.82, 2.24) is 0 Å². The van der Waals surface area contributed by atoms with Crippen molar-refractivity contribution in [3.05, 3.63) is 70.3 Å². The molecule has 0 unspecified atom stereocenters. The maximum Gasteiger partial charge on any atom is 0.0994 e. The minimum Gasteiger partial charge on any atom is -0.192 e. The molecule has 1 aliphatic carbocycles. The van der Waals surface area contributed by atoms with Gasteiger partial charge in [0, 0.05) is 11.5 Å². The van der Waals surface area contributed by atoms with Crippen molar-refractivity contribution in [1.29, 1.82) is 5.26 Å². The molecule has 0 spiro atoms. The van der Waals surface area contributed by atoms with Crippen molar-refractivity contribution < 1.29 is 0 Å². The molecular weight excluding hydrogens is 362 g/mol. The molecule has 0 heterocycles. The fraction of sp³-hybridized carbons (Fsp3) is 0.483. The molecule has 1 nitrogen and oxygen atoms in total. The summed E-state index contributed by atoms with van der Waals surface area (Å²) in [6.45, 7) is 4.41. The lowest BCUT2D eigenvalue weighted by Crippen LogP contribution is -2.12. The van der Waals surface area contributed by atoms with E-state index in [4.69, 9.17) is 0 Å². The largest absolute Gasteiger partial charge is 0.192 e. The van der Waals surface area contributed by atoms with Crippen LogP contribution in [0.5, 0.6) is 0 Å². The third kappa shape index (κ3) is 6.24. The second-order valence-corrected chi connectivity index (χ2v) is 8.75. The molecule has 30 heavy (non-hydrogen) atoms. The van der Waals surface area contributed by atoms with Crippen molar-refractivity contribution in [2.24, 2.45) is 5.92 Å². The molecule has 0 saturated heterocycles. The molecule has 0 aromatic heterocycles. The number of hydrogen-bond donors (Lipinski definition) is 0. The Balaban J connectivity index is 1.53. The van der Waals surface area contributed by atoms with Gasteiger partial charge >= 0.3 is 0 Å². The number of aryl methyl sites for hydroxylation is 2. The highest BCUT2D eigenvalue weighted by Gasteiger charge is 2.21. The number of nitrogens with zero attached hydrogens (tertiary/aromatic N) is 1. The number of nitriles is 1. The van der Waals surface area contributed by atoms with E-state index in [9.17, 15) is 5.26 Å². The van der Waals surface area contributed by atoms with Crippen LogP contribution in [-0.4, -0.2) is 0 Å². The molecule has 2 aromatic rings. The van der Waals surface area contributed by atoms with E-state index in [0.29, 0.717) is 11.8 Å². The van der Waals surface area contributed by atoms with Gasteiger partial charge in [-0.3, -0.25) is 0 Å². The fourth-order valence-electron chi connectivity index (χ4n) is 4.54. The number of hydrogen-bond acceptors (Lipinski definition) is 1. The molecule has 1 saturated carbocycles. The number of rotatable bonds is 7. The van der Waals surface area contributed by atoms with Crippen LogP contribution in [0.2, 0.25) is 0 Å². The molecule has 0 N–H and O–H groups in total. The van der Waals surface area contributed by atoms with Crippen molar-refractivity contribution >= 4 is 0 Å². The number of benzene rings is 2. The minimum absolute atomic E-state index is 0.482. The molecule has 2 aromatic carbocycles. The zero-order chi connectivity index (χ0) is 21.2. The van der Waals surface area contributed by atoms with Crippen molar-refractivity contribution in [2.75, 3.05) is 0 Å². The Hall–Kier alpha value is -2.51. The van der Waals surface area contributed by atoms with Gasteiger partial charge in [0.05, 0.1) is 11.6 Å². The summed E-state index contributed by atoms with van der Waals surface area (Å²) in [7, 11) is 0. The van der Waals surface area contributed by atoms with Gasteiger partial charge in [-0.05, 0) is 79.7 Å². The van der Waals surface area contributed by atoms with E-state index >= 15 is 0 Å². The van der Waals surface area contributed by atoms with E-state index in [1.54, 1.807) is 0 Å². The maximum atomic E-state index is 9.40. The molecule has 1 fully saturated rings. The Morgan fingerprint density at radius 2 is 1.63 bits per heavy atom. The summed E-state index contributed by atoms with van der Waals surface area (Å²) in [5, 5.41) is 9.40. The molecule has 3 rings (SSSR count). The topological polar surface area (TPSA) is 23.8 Å². The Labute approximate surface area is 183 Å². The van der Waals surface area contributed by atoms with Gasteiger partial charge < -0.3 is 0 Å². The molecule has 0 atom stereocenters. The van der Waals surface area contributed by atoms with Gasteiger partial charge in [0.15, 0.2) is 0 Å². The van der Waals surface area contributed by atoms with Gasteiger partial charge in [0.1, 0.15) is 0 Å². The van der Waals surface area contributed by atoms with Crippen LogP contribution in [0.4, 0.5) is 0 Å². The SMILES string of the molecule is CCCCCc1ccc([C@H]2CC[C@H](C#Cc3ccc(CCC)c(C#N)c3)CC2)cc1. The fourth-order valence-corrected chi connectivity index (χ4v) is 4.54. The molecule has 0 amide bonds. The summed E-state index contributed by atoms with van der Waals surface area (Å²) in [4.78, 5) is 0. The minimum atomic E-state index is 0.482. The highest BCUT2D eigenvalue weighted by atomic mass is 14.3. The second kappa shape index (κ2) is 11.6. The lowest BCUT2D eigenvalue weighted by molar-refractivity contribution is 0.384. The lowest BCUT2D eigenvalue weighted by atomic mass is 9.78. The van der Waals surface area contributed by atoms with E-state index in [2.05, 4.69) is 68.2 Å². The predicted molar refractivity (Wildman–Crippen MR) is 126 cm³/mol. The Morgan fingerprint density at radius 1 is 0.867 bits per heavy atom. The molecule has 0 bridgehead atoms. The van der Waals surface area contributed by atoms with Crippen LogP contribution in [0.15, 0.2) is 42.5 Å². The summed E-state index contributed by atoms with van der Waals surface area (Å²) in [5.41, 5.74) is 5.89. The summed E-state index contributed by atoms with van der Waals surface area (Å²) in [6.07, 6.45) is 12.0. The van der Waals surface area contributed by atoms with Crippen LogP contribution in [0.1, 0.15) is 98.9 Å². The first-order valence-corrected chi connectivity index (χ1v) is 11.9. The molecule has 156 valence electrons. The van der Waals surface area contributed by atoms with Crippen LogP contribution < -0.4 is 0 Å². The Kier molecular flexibility index (Phi) is 8.59. The third-order valence-corrected chi connectivity index (χ3v) is 6.42. The van der Waals surface area contributed by atoms with Gasteiger partial charge in [0.2, 0.25) is 0 Å². The van der Waals surface area contributed by atoms with Crippen LogP contribution in [0.25, 0.3) is 0 Å². The van der Waals surface area contributed by atoms with E-state index < -0.39 is 0 Å². The summed E-state index contributed by atoms with van der Waals surface area (Å²) >= 11 is 0. The van der Waals surface area contributed by atoms with E-state index in [0.717, 1.165) is 29.5 Å². The van der Waals surface area contributed by atoms with Crippen molar-refractivity contribution in [3.63, 3.8) is 0 Å². The second-order valence-electron chi connectivity index (χ2n) is 8.75. The van der Waals surface area contributed by atoms with E-state index in [1.807, 2.05) is 6.07 Å². The third-order valence-electron chi connectivity index (χ3n) is 6.42. The van der Waals surface area contributed by atoms with Gasteiger partial charge in [-0.1, -0.05) is 75.3 Å². The zero-order valence-electron chi connectivity index (χ0n) is 18.7. The van der Waals surface area contributed by atoms with Gasteiger partial charge in [-0.15, -0.1) is 0 Å². The molecule has 1 heteroatoms. The monoisotopic (exact) mass is 397 g/mol. The maximum absolute atomic E-state index is 9.40. The smallest absolute Gasteiger partial charge is 0.0994 e. The summed E-state index contributed by atoms with van der Waals surface area (Å²) in [5.74, 6) is 8.00. The molecule has 1 aliphatic rings. The van der Waals surface area contributed by atoms with Crippen LogP contribution in [-0.2, 0) is 12.8 Å². The van der Waals surface area contributed by atoms with Gasteiger partial charge in [-0.2, -0.15) is 5.26 Å². The Bertz CT molecular complexity index is 896. The van der Waals surface area contributed by atoms with E-state index in [1.165, 1.54) is 62.5 Å². The zero-order valence-corrected chi connectivity index (χ0v) is 18.7. The van der Waals surface area contributed by atoms with Gasteiger partial charge in [-0.25, -0.2) is 0 Å². The Morgan fingerprint density at radius 3 is 2.30 bits per heavy atom. The molecule has 0 aliphatic heterocycles. The van der Waals surface area contributed by atoms with Crippen LogP contribution >= 0.6 is 0 Å². The van der Waals surface area contributed by atoms with Crippen molar-refractivity contribution in [2.45, 2.75) is 84.0 Å². The van der Waals surface area contributed by atoms with Crippen LogP contribution in [0.3, 0.4) is 0 Å². The summed E-state index contributed by atoms with van der Waals surface area (Å²) < 4.78 is 0. The van der Waals surface area contributed by atoms with E-state index in [-0.39, 0.29) is 0 Å². The van der Waals surface area contributed by atoms with Gasteiger partial charge in [0.25, 0.3) is 0 Å². The predicted octanol–water partition coefficient (Wildman–Crippen LogP) is 7.57. The normalized spacial score (nSPS) is 18.3. The molecule has 0 radical (unpaired) electrons. The summed E-state index contributed by atoms with van der Waals surface area (Å²) in [6, 6.07) is 17.9. The average Bonchev–Trinajstić information content (AvgIpc) is 2.79. The highest BCUT2D eigenvalue weighted by Crippen LogP contribution is 2.35. The molecular formula is C29H35N.